The van der Waals surface area contributed by atoms with Crippen molar-refractivity contribution in [3.8, 4) is 0 Å². The lowest BCUT2D eigenvalue weighted by molar-refractivity contribution is -0.141. The number of morpholine rings is 1. The number of hydrogen-bond acceptors (Lipinski definition) is 3. The minimum Gasteiger partial charge on any atom is -0.388 e. The van der Waals surface area contributed by atoms with E-state index in [1.54, 1.807) is 23.1 Å². The highest BCUT2D eigenvalue weighted by molar-refractivity contribution is 5.77. The van der Waals surface area contributed by atoms with Crippen molar-refractivity contribution < 1.29 is 23.4 Å². The second kappa shape index (κ2) is 7.72. The maximum absolute atomic E-state index is 13.2. The fraction of sp³-hybridized carbons (Fsp3) is 0.316. The molecule has 0 aromatic heterocycles. The van der Waals surface area contributed by atoms with Gasteiger partial charge in [-0.15, -0.1) is 0 Å². The van der Waals surface area contributed by atoms with E-state index >= 15 is 0 Å². The van der Waals surface area contributed by atoms with E-state index in [0.29, 0.717) is 25.3 Å². The standard InChI is InChI=1S/C19H19F2NO3/c20-15-6-4-13(5-7-15)18-12-22(8-9-25-18)19(24)11-17(23)14-2-1-3-16(21)10-14/h1-7,10,17-18,23H,8-9,11-12H2. The summed E-state index contributed by atoms with van der Waals surface area (Å²) in [5.41, 5.74) is 1.17. The summed E-state index contributed by atoms with van der Waals surface area (Å²) in [4.78, 5) is 14.1. The number of halogens is 2. The number of carbonyl (C=O) groups excluding carboxylic acids is 1. The zero-order valence-corrected chi connectivity index (χ0v) is 13.6. The van der Waals surface area contributed by atoms with Crippen LogP contribution in [-0.4, -0.2) is 35.6 Å². The molecule has 0 radical (unpaired) electrons. The smallest absolute Gasteiger partial charge is 0.225 e. The van der Waals surface area contributed by atoms with Gasteiger partial charge in [0.05, 0.1) is 25.7 Å². The van der Waals surface area contributed by atoms with Crippen LogP contribution in [0.3, 0.4) is 0 Å². The molecule has 0 saturated carbocycles. The molecule has 3 rings (SSSR count). The first-order valence-corrected chi connectivity index (χ1v) is 8.11. The molecule has 1 amide bonds. The van der Waals surface area contributed by atoms with Gasteiger partial charge in [-0.25, -0.2) is 8.78 Å². The first-order chi connectivity index (χ1) is 12.0. The molecule has 0 bridgehead atoms. The summed E-state index contributed by atoms with van der Waals surface area (Å²) >= 11 is 0. The predicted molar refractivity (Wildman–Crippen MR) is 87.6 cm³/mol. The molecule has 4 nitrogen and oxygen atoms in total. The molecular formula is C19H19F2NO3. The van der Waals surface area contributed by atoms with E-state index < -0.39 is 11.9 Å². The Kier molecular flexibility index (Phi) is 5.40. The third kappa shape index (κ3) is 4.41. The number of amides is 1. The first-order valence-electron chi connectivity index (χ1n) is 8.11. The summed E-state index contributed by atoms with van der Waals surface area (Å²) in [6.07, 6.45) is -1.51. The van der Waals surface area contributed by atoms with Crippen molar-refractivity contribution in [2.75, 3.05) is 19.7 Å². The molecule has 25 heavy (non-hydrogen) atoms. The summed E-state index contributed by atoms with van der Waals surface area (Å²) in [5.74, 6) is -1.01. The number of carbonyl (C=O) groups is 1. The van der Waals surface area contributed by atoms with Crippen LogP contribution in [0.15, 0.2) is 48.5 Å². The Morgan fingerprint density at radius 1 is 1.20 bits per heavy atom. The Labute approximate surface area is 144 Å². The fourth-order valence-corrected chi connectivity index (χ4v) is 2.88. The van der Waals surface area contributed by atoms with E-state index in [4.69, 9.17) is 4.74 Å². The van der Waals surface area contributed by atoms with Gasteiger partial charge < -0.3 is 14.7 Å². The molecule has 2 unspecified atom stereocenters. The topological polar surface area (TPSA) is 49.8 Å². The van der Waals surface area contributed by atoms with Gasteiger partial charge in [0.15, 0.2) is 0 Å². The van der Waals surface area contributed by atoms with E-state index in [-0.39, 0.29) is 24.2 Å². The third-order valence-corrected chi connectivity index (χ3v) is 4.26. The van der Waals surface area contributed by atoms with E-state index in [1.807, 2.05) is 0 Å². The zero-order chi connectivity index (χ0) is 17.8. The Morgan fingerprint density at radius 2 is 1.96 bits per heavy atom. The molecule has 6 heteroatoms. The second-order valence-electron chi connectivity index (χ2n) is 6.03. The summed E-state index contributed by atoms with van der Waals surface area (Å²) in [6, 6.07) is 11.6. The molecule has 1 aliphatic heterocycles. The quantitative estimate of drug-likeness (QED) is 0.925. The number of hydrogen-bond donors (Lipinski definition) is 1. The van der Waals surface area contributed by atoms with Crippen molar-refractivity contribution in [3.05, 3.63) is 71.3 Å². The van der Waals surface area contributed by atoms with E-state index in [2.05, 4.69) is 0 Å². The van der Waals surface area contributed by atoms with Crippen LogP contribution in [-0.2, 0) is 9.53 Å². The maximum atomic E-state index is 13.2. The second-order valence-corrected chi connectivity index (χ2v) is 6.03. The van der Waals surface area contributed by atoms with Crippen LogP contribution < -0.4 is 0 Å². The molecule has 2 atom stereocenters. The van der Waals surface area contributed by atoms with Gasteiger partial charge in [-0.3, -0.25) is 4.79 Å². The highest BCUT2D eigenvalue weighted by Crippen LogP contribution is 2.25. The molecule has 2 aromatic rings. The van der Waals surface area contributed by atoms with E-state index in [0.717, 1.165) is 5.56 Å². The number of aliphatic hydroxyl groups excluding tert-OH is 1. The molecule has 1 aliphatic rings. The Balaban J connectivity index is 1.62. The van der Waals surface area contributed by atoms with Crippen LogP contribution in [0.1, 0.15) is 29.8 Å². The molecule has 132 valence electrons. The van der Waals surface area contributed by atoms with Gasteiger partial charge in [-0.2, -0.15) is 0 Å². The minimum atomic E-state index is -1.06. The fourth-order valence-electron chi connectivity index (χ4n) is 2.88. The average Bonchev–Trinajstić information content (AvgIpc) is 2.62. The normalized spacial score (nSPS) is 18.8. The first kappa shape index (κ1) is 17.5. The van der Waals surface area contributed by atoms with Gasteiger partial charge in [-0.1, -0.05) is 24.3 Å². The lowest BCUT2D eigenvalue weighted by atomic mass is 10.0. The van der Waals surface area contributed by atoms with Gasteiger partial charge in [0.25, 0.3) is 0 Å². The van der Waals surface area contributed by atoms with Gasteiger partial charge in [0, 0.05) is 6.54 Å². The zero-order valence-electron chi connectivity index (χ0n) is 13.6. The lowest BCUT2D eigenvalue weighted by Crippen LogP contribution is -2.42. The van der Waals surface area contributed by atoms with Crippen molar-refractivity contribution in [2.45, 2.75) is 18.6 Å². The molecule has 0 aliphatic carbocycles. The number of rotatable bonds is 4. The predicted octanol–water partition coefficient (Wildman–Crippen LogP) is 2.99. The van der Waals surface area contributed by atoms with E-state index in [1.165, 1.54) is 30.3 Å². The summed E-state index contributed by atoms with van der Waals surface area (Å²) < 4.78 is 31.9. The van der Waals surface area contributed by atoms with Crippen LogP contribution >= 0.6 is 0 Å². The van der Waals surface area contributed by atoms with Crippen molar-refractivity contribution in [2.24, 2.45) is 0 Å². The Morgan fingerprint density at radius 3 is 2.68 bits per heavy atom. The summed E-state index contributed by atoms with van der Waals surface area (Å²) in [7, 11) is 0. The Hall–Kier alpha value is -2.31. The molecule has 1 saturated heterocycles. The van der Waals surface area contributed by atoms with Crippen molar-refractivity contribution in [1.82, 2.24) is 4.90 Å². The molecule has 1 N–H and O–H groups in total. The number of ether oxygens (including phenoxy) is 1. The van der Waals surface area contributed by atoms with Gasteiger partial charge in [0.2, 0.25) is 5.91 Å². The summed E-state index contributed by atoms with van der Waals surface area (Å²) in [5, 5.41) is 10.2. The molecule has 1 heterocycles. The van der Waals surface area contributed by atoms with Gasteiger partial charge in [0.1, 0.15) is 17.7 Å². The SMILES string of the molecule is O=C(CC(O)c1cccc(F)c1)N1CCOC(c2ccc(F)cc2)C1. The molecular weight excluding hydrogens is 328 g/mol. The van der Waals surface area contributed by atoms with Gasteiger partial charge in [-0.05, 0) is 35.4 Å². The molecule has 0 spiro atoms. The number of aliphatic hydroxyl groups is 1. The number of nitrogens with zero attached hydrogens (tertiary/aromatic N) is 1. The van der Waals surface area contributed by atoms with Crippen LogP contribution in [0.5, 0.6) is 0 Å². The van der Waals surface area contributed by atoms with Crippen LogP contribution in [0.4, 0.5) is 8.78 Å². The average molecular weight is 347 g/mol. The molecule has 1 fully saturated rings. The summed E-state index contributed by atoms with van der Waals surface area (Å²) in [6.45, 7) is 1.12. The van der Waals surface area contributed by atoms with Crippen molar-refractivity contribution in [1.29, 1.82) is 0 Å². The minimum absolute atomic E-state index is 0.125. The molecule has 2 aromatic carbocycles. The monoisotopic (exact) mass is 347 g/mol. The Bertz CT molecular complexity index is 736. The third-order valence-electron chi connectivity index (χ3n) is 4.26. The maximum Gasteiger partial charge on any atom is 0.225 e. The van der Waals surface area contributed by atoms with E-state index in [9.17, 15) is 18.7 Å². The highest BCUT2D eigenvalue weighted by atomic mass is 19.1. The van der Waals surface area contributed by atoms with Crippen LogP contribution in [0.25, 0.3) is 0 Å². The van der Waals surface area contributed by atoms with Gasteiger partial charge >= 0.3 is 0 Å². The largest absolute Gasteiger partial charge is 0.388 e. The lowest BCUT2D eigenvalue weighted by Gasteiger charge is -2.33. The highest BCUT2D eigenvalue weighted by Gasteiger charge is 2.27. The van der Waals surface area contributed by atoms with Crippen molar-refractivity contribution >= 4 is 5.91 Å². The van der Waals surface area contributed by atoms with Crippen LogP contribution in [0, 0.1) is 11.6 Å². The van der Waals surface area contributed by atoms with Crippen molar-refractivity contribution in [3.63, 3.8) is 0 Å². The van der Waals surface area contributed by atoms with Crippen LogP contribution in [0.2, 0.25) is 0 Å². The number of benzene rings is 2.